The van der Waals surface area contributed by atoms with E-state index in [1.54, 1.807) is 37.9 Å². The molecular weight excluding hydrogens is 684 g/mol. The van der Waals surface area contributed by atoms with Gasteiger partial charge in [-0.3, -0.25) is 29.4 Å². The molecule has 1 aromatic heterocycles. The Kier molecular flexibility index (Phi) is 18.1. The Labute approximate surface area is 271 Å². The van der Waals surface area contributed by atoms with E-state index in [0.717, 1.165) is 12.8 Å². The Hall–Kier alpha value is -2.01. The van der Waals surface area contributed by atoms with Crippen LogP contribution in [0.15, 0.2) is 18.3 Å². The summed E-state index contributed by atoms with van der Waals surface area (Å²) in [5.74, 6) is -4.46. The van der Waals surface area contributed by atoms with Crippen LogP contribution in [-0.2, 0) is 25.6 Å². The van der Waals surface area contributed by atoms with Gasteiger partial charge in [0.1, 0.15) is 11.8 Å². The SMILES string of the molecule is CCCCOc1ccc(CC(C(=O)O)N2CCN(CC(=O)[O-])CCN(CC(=O)[O-])CCN(CC(=O)[O-])CC2)nc1.[Gd+3]. The number of unbranched alkanes of at least 4 members (excludes halogenated alkanes) is 1. The molecule has 1 aliphatic heterocycles. The number of pyridine rings is 1. The number of hydrogen-bond donors (Lipinski definition) is 1. The van der Waals surface area contributed by atoms with Crippen LogP contribution in [0, 0.1) is 39.9 Å². The number of ether oxygens (including phenoxy) is 1. The number of carboxylic acids is 4. The van der Waals surface area contributed by atoms with Gasteiger partial charge in [-0.25, -0.2) is 0 Å². The Morgan fingerprint density at radius 2 is 1.32 bits per heavy atom. The first-order chi connectivity index (χ1) is 19.1. The van der Waals surface area contributed by atoms with Crippen molar-refractivity contribution in [3.63, 3.8) is 0 Å². The van der Waals surface area contributed by atoms with Crippen molar-refractivity contribution in [2.24, 2.45) is 0 Å². The first kappa shape index (κ1) is 37.0. The molecule has 1 unspecified atom stereocenters. The summed E-state index contributed by atoms with van der Waals surface area (Å²) in [4.78, 5) is 57.0. The van der Waals surface area contributed by atoms with Gasteiger partial charge in [-0.1, -0.05) is 13.3 Å². The van der Waals surface area contributed by atoms with Gasteiger partial charge in [0, 0.05) is 84.1 Å². The molecule has 1 N–H and O–H groups in total. The Morgan fingerprint density at radius 3 is 1.68 bits per heavy atom. The first-order valence-electron chi connectivity index (χ1n) is 13.4. The van der Waals surface area contributed by atoms with Gasteiger partial charge < -0.3 is 39.5 Å². The minimum Gasteiger partial charge on any atom is -0.549 e. The molecule has 15 heteroatoms. The van der Waals surface area contributed by atoms with E-state index >= 15 is 0 Å². The fourth-order valence-electron chi connectivity index (χ4n) is 4.41. The number of rotatable bonds is 14. The second-order valence-electron chi connectivity index (χ2n) is 9.73. The summed E-state index contributed by atoms with van der Waals surface area (Å²) in [5.41, 5.74) is 0.525. The van der Waals surface area contributed by atoms with Gasteiger partial charge in [0.05, 0.1) is 30.7 Å². The predicted molar refractivity (Wildman–Crippen MR) is 136 cm³/mol. The largest absolute Gasteiger partial charge is 3.00 e. The Morgan fingerprint density at radius 1 is 0.854 bits per heavy atom. The molecule has 0 aromatic carbocycles. The van der Waals surface area contributed by atoms with Crippen molar-refractivity contribution in [1.82, 2.24) is 24.6 Å². The van der Waals surface area contributed by atoms with E-state index in [1.807, 2.05) is 0 Å². The predicted octanol–water partition coefficient (Wildman–Crippen LogP) is -4.27. The molecule has 1 radical (unpaired) electrons. The first-order valence-corrected chi connectivity index (χ1v) is 13.4. The molecule has 1 aromatic rings. The van der Waals surface area contributed by atoms with Crippen molar-refractivity contribution < 1.29 is 84.3 Å². The minimum absolute atomic E-state index is 0. The molecule has 0 saturated carbocycles. The zero-order valence-electron chi connectivity index (χ0n) is 23.2. The van der Waals surface area contributed by atoms with Gasteiger partial charge >= 0.3 is 45.9 Å². The van der Waals surface area contributed by atoms with Crippen molar-refractivity contribution in [1.29, 1.82) is 0 Å². The topological polar surface area (TPSA) is 193 Å². The second kappa shape index (κ2) is 20.0. The van der Waals surface area contributed by atoms with Gasteiger partial charge in [0.2, 0.25) is 0 Å². The zero-order valence-corrected chi connectivity index (χ0v) is 25.5. The summed E-state index contributed by atoms with van der Waals surface area (Å²) >= 11 is 0. The third-order valence-electron chi connectivity index (χ3n) is 6.62. The fourth-order valence-corrected chi connectivity index (χ4v) is 4.41. The molecule has 2 heterocycles. The van der Waals surface area contributed by atoms with Crippen molar-refractivity contribution in [3.8, 4) is 5.75 Å². The van der Waals surface area contributed by atoms with Crippen LogP contribution in [0.5, 0.6) is 5.75 Å². The average molecular weight is 722 g/mol. The monoisotopic (exact) mass is 722 g/mol. The number of aromatic nitrogens is 1. The maximum Gasteiger partial charge on any atom is 3.00 e. The third-order valence-corrected chi connectivity index (χ3v) is 6.62. The van der Waals surface area contributed by atoms with Gasteiger partial charge in [-0.15, -0.1) is 0 Å². The molecule has 41 heavy (non-hydrogen) atoms. The van der Waals surface area contributed by atoms with Crippen LogP contribution in [0.2, 0.25) is 0 Å². The molecule has 1 atom stereocenters. The second-order valence-corrected chi connectivity index (χ2v) is 9.73. The van der Waals surface area contributed by atoms with Crippen LogP contribution < -0.4 is 20.1 Å². The van der Waals surface area contributed by atoms with Crippen molar-refractivity contribution >= 4 is 23.9 Å². The molecule has 14 nitrogen and oxygen atoms in total. The zero-order chi connectivity index (χ0) is 29.5. The molecule has 1 saturated heterocycles. The summed E-state index contributed by atoms with van der Waals surface area (Å²) in [6.45, 7) is 2.72. The molecule has 0 bridgehead atoms. The van der Waals surface area contributed by atoms with E-state index in [1.165, 1.54) is 0 Å². The number of carbonyl (C=O) groups is 4. The van der Waals surface area contributed by atoms with E-state index in [9.17, 15) is 39.6 Å². The maximum atomic E-state index is 12.4. The summed E-state index contributed by atoms with van der Waals surface area (Å²) in [7, 11) is 0. The molecule has 0 amide bonds. The number of nitrogens with zero attached hydrogens (tertiary/aromatic N) is 5. The molecule has 0 spiro atoms. The normalized spacial score (nSPS) is 17.4. The van der Waals surface area contributed by atoms with Crippen LogP contribution in [-0.4, -0.2) is 138 Å². The standard InChI is InChI=1S/C26H41N5O9.Gd/c1-2-3-14-40-21-5-4-20(27-16-21)15-22(26(38)39)31-12-10-29(18-24(34)35)8-6-28(17-23(32)33)7-9-30(11-13-31)19-25(36)37;/h4-5,16,22H,2-3,6-15,17-19H2,1H3,(H,32,33)(H,34,35)(H,36,37)(H,38,39);/q;+3/p-3. The average Bonchev–Trinajstić information content (AvgIpc) is 2.87. The molecule has 0 aliphatic carbocycles. The summed E-state index contributed by atoms with van der Waals surface area (Å²) in [5, 5.41) is 44.0. The Bertz CT molecular complexity index is 937. The van der Waals surface area contributed by atoms with Gasteiger partial charge in [0.15, 0.2) is 0 Å². The molecular formula is C26H38GdN5O9. The number of hydrogen-bond acceptors (Lipinski definition) is 13. The number of aliphatic carboxylic acids is 4. The van der Waals surface area contributed by atoms with Crippen LogP contribution in [0.1, 0.15) is 25.5 Å². The van der Waals surface area contributed by atoms with Crippen molar-refractivity contribution in [2.45, 2.75) is 32.2 Å². The van der Waals surface area contributed by atoms with E-state index in [0.29, 0.717) is 18.1 Å². The van der Waals surface area contributed by atoms with Crippen LogP contribution >= 0.6 is 0 Å². The summed E-state index contributed by atoms with van der Waals surface area (Å²) in [6, 6.07) is 2.41. The van der Waals surface area contributed by atoms with Crippen LogP contribution in [0.3, 0.4) is 0 Å². The van der Waals surface area contributed by atoms with E-state index in [4.69, 9.17) is 4.74 Å². The van der Waals surface area contributed by atoms with E-state index in [-0.39, 0.29) is 98.7 Å². The van der Waals surface area contributed by atoms with Gasteiger partial charge in [0.25, 0.3) is 0 Å². The number of carbonyl (C=O) groups excluding carboxylic acids is 3. The van der Waals surface area contributed by atoms with Crippen molar-refractivity contribution in [3.05, 3.63) is 24.0 Å². The fraction of sp³-hybridized carbons (Fsp3) is 0.654. The van der Waals surface area contributed by atoms with Gasteiger partial charge in [-0.2, -0.15) is 0 Å². The van der Waals surface area contributed by atoms with E-state index < -0.39 is 49.6 Å². The van der Waals surface area contributed by atoms with Crippen molar-refractivity contribution in [2.75, 3.05) is 78.6 Å². The Balaban J connectivity index is 0.00000840. The maximum absolute atomic E-state index is 12.4. The minimum atomic E-state index is -1.31. The third kappa shape index (κ3) is 15.2. The molecule has 229 valence electrons. The summed E-state index contributed by atoms with van der Waals surface area (Å²) in [6.07, 6.45) is 3.49. The quantitative estimate of drug-likeness (QED) is 0.182. The summed E-state index contributed by atoms with van der Waals surface area (Å²) < 4.78 is 5.62. The smallest absolute Gasteiger partial charge is 0.549 e. The van der Waals surface area contributed by atoms with Crippen LogP contribution in [0.25, 0.3) is 0 Å². The molecule has 1 aliphatic rings. The number of carboxylic acid groups (broad SMARTS) is 4. The molecule has 1 fully saturated rings. The van der Waals surface area contributed by atoms with E-state index in [2.05, 4.69) is 11.9 Å². The molecule has 2 rings (SSSR count). The van der Waals surface area contributed by atoms with Gasteiger partial charge in [-0.05, 0) is 18.6 Å². The van der Waals surface area contributed by atoms with Crippen LogP contribution in [0.4, 0.5) is 0 Å².